The summed E-state index contributed by atoms with van der Waals surface area (Å²) >= 11 is 6.24. The van der Waals surface area contributed by atoms with Crippen LogP contribution in [0.2, 0.25) is 5.02 Å². The van der Waals surface area contributed by atoms with E-state index in [1.165, 1.54) is 5.56 Å². The van der Waals surface area contributed by atoms with Gasteiger partial charge in [0.2, 0.25) is 0 Å². The number of carbonyl (C=O) groups excluding carboxylic acids is 1. The summed E-state index contributed by atoms with van der Waals surface area (Å²) in [5.41, 5.74) is 4.03. The van der Waals surface area contributed by atoms with Crippen LogP contribution in [0, 0.1) is 6.92 Å². The summed E-state index contributed by atoms with van der Waals surface area (Å²) in [4.78, 5) is 17.1. The second-order valence-electron chi connectivity index (χ2n) is 8.63. The van der Waals surface area contributed by atoms with E-state index < -0.39 is 0 Å². The monoisotopic (exact) mass is 478 g/mol. The number of benzene rings is 3. The van der Waals surface area contributed by atoms with Crippen molar-refractivity contribution in [3.8, 4) is 5.75 Å². The van der Waals surface area contributed by atoms with Gasteiger partial charge in [0.15, 0.2) is 0 Å². The van der Waals surface area contributed by atoms with Gasteiger partial charge < -0.3 is 14.4 Å². The number of aryl methyl sites for hydroxylation is 1. The molecule has 178 valence electrons. The van der Waals surface area contributed by atoms with Crippen molar-refractivity contribution in [1.82, 2.24) is 9.80 Å². The molecule has 1 heterocycles. The van der Waals surface area contributed by atoms with Crippen molar-refractivity contribution in [2.75, 3.05) is 39.8 Å². The summed E-state index contributed by atoms with van der Waals surface area (Å²) in [5.74, 6) is 0.807. The zero-order valence-corrected chi connectivity index (χ0v) is 20.5. The number of amides is 1. The van der Waals surface area contributed by atoms with E-state index in [4.69, 9.17) is 21.1 Å². The van der Waals surface area contributed by atoms with Gasteiger partial charge in [0.05, 0.1) is 30.4 Å². The van der Waals surface area contributed by atoms with Crippen molar-refractivity contribution in [2.45, 2.75) is 19.6 Å². The summed E-state index contributed by atoms with van der Waals surface area (Å²) < 4.78 is 11.9. The maximum atomic E-state index is 12.9. The van der Waals surface area contributed by atoms with E-state index in [2.05, 4.69) is 42.2 Å². The molecule has 0 aliphatic carbocycles. The smallest absolute Gasteiger partial charge is 0.255 e. The maximum Gasteiger partial charge on any atom is 0.255 e. The minimum Gasteiger partial charge on any atom is -0.497 e. The highest BCUT2D eigenvalue weighted by molar-refractivity contribution is 6.33. The topological polar surface area (TPSA) is 42.0 Å². The third kappa shape index (κ3) is 6.17. The molecule has 1 fully saturated rings. The molecule has 4 rings (SSSR count). The molecule has 1 aliphatic heterocycles. The molecule has 0 N–H and O–H groups in total. The van der Waals surface area contributed by atoms with Crippen LogP contribution in [0.1, 0.15) is 33.2 Å². The number of piperazine rings is 1. The van der Waals surface area contributed by atoms with Crippen molar-refractivity contribution in [3.63, 3.8) is 0 Å². The number of ether oxygens (including phenoxy) is 2. The molecule has 0 bridgehead atoms. The number of nitrogens with zero attached hydrogens (tertiary/aromatic N) is 2. The molecule has 34 heavy (non-hydrogen) atoms. The lowest BCUT2D eigenvalue weighted by Gasteiger charge is -2.36. The Bertz CT molecular complexity index is 1090. The van der Waals surface area contributed by atoms with Gasteiger partial charge in [-0.2, -0.15) is 0 Å². The second kappa shape index (κ2) is 11.5. The van der Waals surface area contributed by atoms with Gasteiger partial charge >= 0.3 is 0 Å². The molecule has 1 atom stereocenters. The van der Waals surface area contributed by atoms with Crippen LogP contribution in [0.4, 0.5) is 0 Å². The first kappa shape index (κ1) is 24.3. The second-order valence-corrected chi connectivity index (χ2v) is 9.04. The molecule has 3 aromatic carbocycles. The fourth-order valence-electron chi connectivity index (χ4n) is 4.15. The van der Waals surface area contributed by atoms with Crippen LogP contribution >= 0.6 is 11.6 Å². The van der Waals surface area contributed by atoms with Gasteiger partial charge in [-0.3, -0.25) is 9.69 Å². The van der Waals surface area contributed by atoms with Crippen molar-refractivity contribution in [2.24, 2.45) is 0 Å². The normalized spacial score (nSPS) is 15.2. The van der Waals surface area contributed by atoms with E-state index in [1.807, 2.05) is 35.2 Å². The van der Waals surface area contributed by atoms with Gasteiger partial charge in [0.1, 0.15) is 5.75 Å². The summed E-state index contributed by atoms with van der Waals surface area (Å²) in [6.07, 6.45) is -0.109. The Morgan fingerprint density at radius 2 is 1.71 bits per heavy atom. The molecule has 1 saturated heterocycles. The molecule has 6 heteroatoms. The summed E-state index contributed by atoms with van der Waals surface area (Å²) in [6.45, 7) is 6.24. The Morgan fingerprint density at radius 3 is 2.41 bits per heavy atom. The summed E-state index contributed by atoms with van der Waals surface area (Å²) in [6, 6.07) is 23.7. The minimum absolute atomic E-state index is 0.00906. The summed E-state index contributed by atoms with van der Waals surface area (Å²) in [7, 11) is 1.68. The van der Waals surface area contributed by atoms with E-state index >= 15 is 0 Å². The number of methoxy groups -OCH3 is 1. The highest BCUT2D eigenvalue weighted by Gasteiger charge is 2.26. The van der Waals surface area contributed by atoms with Crippen molar-refractivity contribution in [3.05, 3.63) is 100 Å². The SMILES string of the molecule is COc1cccc(C(CN2CCN(C(=O)c3ccccc3Cl)CC2)OCc2ccc(C)cc2)c1. The third-order valence-corrected chi connectivity index (χ3v) is 6.55. The molecule has 0 radical (unpaired) electrons. The quantitative estimate of drug-likeness (QED) is 0.436. The Labute approximate surface area is 206 Å². The lowest BCUT2D eigenvalue weighted by atomic mass is 10.1. The third-order valence-electron chi connectivity index (χ3n) is 6.23. The highest BCUT2D eigenvalue weighted by atomic mass is 35.5. The van der Waals surface area contributed by atoms with Crippen LogP contribution in [0.5, 0.6) is 5.75 Å². The number of hydrogen-bond acceptors (Lipinski definition) is 4. The van der Waals surface area contributed by atoms with Gasteiger partial charge in [-0.15, -0.1) is 0 Å². The highest BCUT2D eigenvalue weighted by Crippen LogP contribution is 2.25. The van der Waals surface area contributed by atoms with Gasteiger partial charge in [-0.05, 0) is 42.3 Å². The minimum atomic E-state index is -0.109. The fourth-order valence-corrected chi connectivity index (χ4v) is 4.37. The molecule has 0 aromatic heterocycles. The van der Waals surface area contributed by atoms with Gasteiger partial charge in [-0.1, -0.05) is 65.7 Å². The largest absolute Gasteiger partial charge is 0.497 e. The number of hydrogen-bond donors (Lipinski definition) is 0. The van der Waals surface area contributed by atoms with E-state index in [0.717, 1.165) is 36.5 Å². The molecule has 5 nitrogen and oxygen atoms in total. The Kier molecular flexibility index (Phi) is 8.22. The van der Waals surface area contributed by atoms with Crippen LogP contribution in [-0.4, -0.2) is 55.5 Å². The molecular weight excluding hydrogens is 448 g/mol. The van der Waals surface area contributed by atoms with Crippen molar-refractivity contribution < 1.29 is 14.3 Å². The van der Waals surface area contributed by atoms with Crippen LogP contribution in [0.25, 0.3) is 0 Å². The van der Waals surface area contributed by atoms with Gasteiger partial charge in [0.25, 0.3) is 5.91 Å². The van der Waals surface area contributed by atoms with Gasteiger partial charge in [-0.25, -0.2) is 0 Å². The zero-order chi connectivity index (χ0) is 23.9. The Hall–Kier alpha value is -2.86. The molecule has 0 saturated carbocycles. The predicted octanol–water partition coefficient (Wildman–Crippen LogP) is 5.37. The number of rotatable bonds is 8. The molecule has 1 unspecified atom stereocenters. The number of halogens is 1. The zero-order valence-electron chi connectivity index (χ0n) is 19.7. The lowest BCUT2D eigenvalue weighted by Crippen LogP contribution is -2.49. The molecule has 0 spiro atoms. The Balaban J connectivity index is 1.41. The fraction of sp³-hybridized carbons (Fsp3) is 0.321. The molecular formula is C28H31ClN2O3. The average molecular weight is 479 g/mol. The van der Waals surface area contributed by atoms with Crippen LogP contribution < -0.4 is 4.74 Å². The summed E-state index contributed by atoms with van der Waals surface area (Å²) in [5, 5.41) is 0.498. The maximum absolute atomic E-state index is 12.9. The van der Waals surface area contributed by atoms with Crippen LogP contribution in [0.15, 0.2) is 72.8 Å². The van der Waals surface area contributed by atoms with E-state index in [1.54, 1.807) is 19.2 Å². The first-order valence-electron chi connectivity index (χ1n) is 11.6. The van der Waals surface area contributed by atoms with Crippen LogP contribution in [0.3, 0.4) is 0 Å². The van der Waals surface area contributed by atoms with E-state index in [-0.39, 0.29) is 12.0 Å². The van der Waals surface area contributed by atoms with Crippen LogP contribution in [-0.2, 0) is 11.3 Å². The van der Waals surface area contributed by atoms with E-state index in [9.17, 15) is 4.79 Å². The average Bonchev–Trinajstić information content (AvgIpc) is 2.88. The standard InChI is InChI=1S/C28H31ClN2O3/c1-21-10-12-22(13-11-21)20-34-27(23-6-5-7-24(18-23)33-2)19-30-14-16-31(17-15-30)28(32)25-8-3-4-9-26(25)29/h3-13,18,27H,14-17,19-20H2,1-2H3. The molecule has 3 aromatic rings. The van der Waals surface area contributed by atoms with Gasteiger partial charge in [0, 0.05) is 32.7 Å². The molecule has 1 aliphatic rings. The number of carbonyl (C=O) groups is 1. The first-order valence-corrected chi connectivity index (χ1v) is 12.0. The molecule has 1 amide bonds. The Morgan fingerprint density at radius 1 is 0.971 bits per heavy atom. The predicted molar refractivity (Wildman–Crippen MR) is 135 cm³/mol. The lowest BCUT2D eigenvalue weighted by molar-refractivity contribution is 0.00333. The van der Waals surface area contributed by atoms with Crippen molar-refractivity contribution in [1.29, 1.82) is 0 Å². The first-order chi connectivity index (χ1) is 16.5. The van der Waals surface area contributed by atoms with Crippen molar-refractivity contribution >= 4 is 17.5 Å². The van der Waals surface area contributed by atoms with E-state index in [0.29, 0.717) is 30.3 Å².